The van der Waals surface area contributed by atoms with Gasteiger partial charge in [-0.05, 0) is 12.3 Å². The van der Waals surface area contributed by atoms with Crippen molar-refractivity contribution in [2.45, 2.75) is 11.3 Å². The standard InChI is InChI=1S/C12H20ClN3O3S/c1-15-20(2,18)11-5-10(7-16-12(11)14)19-4-3-9(6-13)8-17/h5,7,9,17H,3-4,6,8H2,1-2H3,(H2,14,16). The van der Waals surface area contributed by atoms with Gasteiger partial charge < -0.3 is 15.6 Å². The Bertz CT molecular complexity index is 555. The van der Waals surface area contributed by atoms with E-state index < -0.39 is 9.73 Å². The van der Waals surface area contributed by atoms with Crippen LogP contribution in [-0.2, 0) is 9.73 Å². The molecule has 0 aromatic carbocycles. The van der Waals surface area contributed by atoms with Crippen LogP contribution in [0.4, 0.5) is 5.82 Å². The Hall–Kier alpha value is -1.05. The highest BCUT2D eigenvalue weighted by Gasteiger charge is 2.13. The molecule has 6 nitrogen and oxygen atoms in total. The third-order valence-electron chi connectivity index (χ3n) is 2.88. The summed E-state index contributed by atoms with van der Waals surface area (Å²) in [4.78, 5) is 4.34. The van der Waals surface area contributed by atoms with Gasteiger partial charge in [0.2, 0.25) is 0 Å². The number of nitrogens with zero attached hydrogens (tertiary/aromatic N) is 2. The summed E-state index contributed by atoms with van der Waals surface area (Å²) >= 11 is 5.68. The van der Waals surface area contributed by atoms with E-state index >= 15 is 0 Å². The number of anilines is 1. The molecule has 2 atom stereocenters. The van der Waals surface area contributed by atoms with Gasteiger partial charge in [0, 0.05) is 31.9 Å². The van der Waals surface area contributed by atoms with Crippen LogP contribution in [0, 0.1) is 5.92 Å². The van der Waals surface area contributed by atoms with Crippen molar-refractivity contribution in [2.75, 3.05) is 38.1 Å². The average molecular weight is 322 g/mol. The van der Waals surface area contributed by atoms with Crippen LogP contribution in [0.15, 0.2) is 21.5 Å². The van der Waals surface area contributed by atoms with E-state index in [-0.39, 0.29) is 18.3 Å². The van der Waals surface area contributed by atoms with Gasteiger partial charge in [-0.3, -0.25) is 0 Å². The molecule has 1 aromatic heterocycles. The van der Waals surface area contributed by atoms with E-state index in [1.54, 1.807) is 6.07 Å². The summed E-state index contributed by atoms with van der Waals surface area (Å²) in [5, 5.41) is 9.02. The Labute approximate surface area is 124 Å². The molecule has 0 radical (unpaired) electrons. The summed E-state index contributed by atoms with van der Waals surface area (Å²) in [6.07, 6.45) is 3.59. The molecule has 3 N–H and O–H groups in total. The SMILES string of the molecule is CN=S(C)(=O)c1cc(OCCC(CO)CCl)cnc1N. The topological polar surface area (TPSA) is 97.8 Å². The Kier molecular flexibility index (Phi) is 6.51. The maximum Gasteiger partial charge on any atom is 0.140 e. The number of rotatable bonds is 7. The number of aliphatic hydroxyl groups is 1. The van der Waals surface area contributed by atoms with Crippen molar-refractivity contribution in [3.63, 3.8) is 0 Å². The summed E-state index contributed by atoms with van der Waals surface area (Å²) in [5.41, 5.74) is 5.71. The van der Waals surface area contributed by atoms with Gasteiger partial charge >= 0.3 is 0 Å². The van der Waals surface area contributed by atoms with E-state index in [4.69, 9.17) is 27.2 Å². The van der Waals surface area contributed by atoms with Gasteiger partial charge in [0.25, 0.3) is 0 Å². The van der Waals surface area contributed by atoms with Crippen LogP contribution in [0.1, 0.15) is 6.42 Å². The molecule has 1 aromatic rings. The highest BCUT2D eigenvalue weighted by Crippen LogP contribution is 2.23. The van der Waals surface area contributed by atoms with Gasteiger partial charge in [0.1, 0.15) is 11.6 Å². The first-order valence-corrected chi connectivity index (χ1v) is 8.55. The van der Waals surface area contributed by atoms with E-state index in [0.717, 1.165) is 0 Å². The normalized spacial score (nSPS) is 15.4. The zero-order valence-corrected chi connectivity index (χ0v) is 13.2. The largest absolute Gasteiger partial charge is 0.492 e. The van der Waals surface area contributed by atoms with Gasteiger partial charge in [-0.15, -0.1) is 11.6 Å². The molecule has 1 rings (SSSR count). The minimum absolute atomic E-state index is 0.00100. The second-order valence-electron chi connectivity index (χ2n) is 4.38. The van der Waals surface area contributed by atoms with Crippen LogP contribution in [-0.4, -0.2) is 46.7 Å². The fourth-order valence-electron chi connectivity index (χ4n) is 1.48. The summed E-state index contributed by atoms with van der Waals surface area (Å²) in [6.45, 7) is 0.409. The molecule has 2 unspecified atom stereocenters. The van der Waals surface area contributed by atoms with E-state index in [1.807, 2.05) is 0 Å². The van der Waals surface area contributed by atoms with Gasteiger partial charge in [0.15, 0.2) is 0 Å². The molecule has 1 heterocycles. The quantitative estimate of drug-likeness (QED) is 0.739. The molecule has 20 heavy (non-hydrogen) atoms. The van der Waals surface area contributed by atoms with E-state index in [9.17, 15) is 4.21 Å². The first kappa shape index (κ1) is 17.0. The fourth-order valence-corrected chi connectivity index (χ4v) is 2.70. The molecular formula is C12H20ClN3O3S. The average Bonchev–Trinajstić information content (AvgIpc) is 2.45. The maximum atomic E-state index is 12.2. The first-order valence-electron chi connectivity index (χ1n) is 6.10. The van der Waals surface area contributed by atoms with E-state index in [0.29, 0.717) is 29.6 Å². The van der Waals surface area contributed by atoms with Gasteiger partial charge in [-0.25, -0.2) is 13.6 Å². The number of nitrogen functional groups attached to an aromatic ring is 1. The minimum Gasteiger partial charge on any atom is -0.492 e. The van der Waals surface area contributed by atoms with E-state index in [2.05, 4.69) is 9.35 Å². The van der Waals surface area contributed by atoms with Crippen LogP contribution in [0.5, 0.6) is 5.75 Å². The summed E-state index contributed by atoms with van der Waals surface area (Å²) in [7, 11) is -1.08. The highest BCUT2D eigenvalue weighted by atomic mass is 35.5. The lowest BCUT2D eigenvalue weighted by atomic mass is 10.1. The van der Waals surface area contributed by atoms with Crippen molar-refractivity contribution < 1.29 is 14.1 Å². The number of alkyl halides is 1. The number of hydrogen-bond donors (Lipinski definition) is 2. The first-order chi connectivity index (χ1) is 9.44. The molecule has 0 spiro atoms. The van der Waals surface area contributed by atoms with E-state index in [1.165, 1.54) is 19.5 Å². The zero-order chi connectivity index (χ0) is 15.2. The van der Waals surface area contributed by atoms with Gasteiger partial charge in [-0.2, -0.15) is 0 Å². The molecule has 0 amide bonds. The van der Waals surface area contributed by atoms with Crippen LogP contribution in [0.3, 0.4) is 0 Å². The molecule has 0 aliphatic rings. The molecule has 0 aliphatic heterocycles. The summed E-state index contributed by atoms with van der Waals surface area (Å²) < 4.78 is 21.6. The molecule has 0 fully saturated rings. The van der Waals surface area contributed by atoms with Crippen molar-refractivity contribution in [3.8, 4) is 5.75 Å². The number of nitrogens with two attached hydrogens (primary N) is 1. The Morgan fingerprint density at radius 1 is 1.65 bits per heavy atom. The number of aromatic nitrogens is 1. The lowest BCUT2D eigenvalue weighted by molar-refractivity contribution is 0.203. The second-order valence-corrected chi connectivity index (χ2v) is 7.10. The summed E-state index contributed by atoms with van der Waals surface area (Å²) in [6, 6.07) is 1.59. The molecule has 0 aliphatic carbocycles. The van der Waals surface area contributed by atoms with Crippen molar-refractivity contribution in [3.05, 3.63) is 12.3 Å². The molecule has 0 saturated heterocycles. The lowest BCUT2D eigenvalue weighted by Gasteiger charge is -2.13. The zero-order valence-electron chi connectivity index (χ0n) is 11.6. The predicted octanol–water partition coefficient (Wildman–Crippen LogP) is 1.37. The number of pyridine rings is 1. The van der Waals surface area contributed by atoms with Crippen LogP contribution in [0.2, 0.25) is 0 Å². The Balaban J connectivity index is 2.79. The number of halogens is 1. The smallest absolute Gasteiger partial charge is 0.140 e. The third-order valence-corrected chi connectivity index (χ3v) is 5.16. The molecule has 0 saturated carbocycles. The predicted molar refractivity (Wildman–Crippen MR) is 80.7 cm³/mol. The molecule has 8 heteroatoms. The number of ether oxygens (including phenoxy) is 1. The third kappa shape index (κ3) is 4.50. The molecular weight excluding hydrogens is 302 g/mol. The lowest BCUT2D eigenvalue weighted by Crippen LogP contribution is -2.13. The van der Waals surface area contributed by atoms with Gasteiger partial charge in [-0.1, -0.05) is 0 Å². The van der Waals surface area contributed by atoms with Crippen LogP contribution < -0.4 is 10.5 Å². The highest BCUT2D eigenvalue weighted by molar-refractivity contribution is 7.93. The number of hydrogen-bond acceptors (Lipinski definition) is 6. The van der Waals surface area contributed by atoms with Crippen molar-refractivity contribution in [1.82, 2.24) is 4.98 Å². The van der Waals surface area contributed by atoms with Crippen LogP contribution >= 0.6 is 11.6 Å². The summed E-state index contributed by atoms with van der Waals surface area (Å²) in [5.74, 6) is 1.03. The van der Waals surface area contributed by atoms with Crippen molar-refractivity contribution in [2.24, 2.45) is 10.3 Å². The Morgan fingerprint density at radius 2 is 2.35 bits per heavy atom. The van der Waals surface area contributed by atoms with Gasteiger partial charge in [0.05, 0.1) is 27.4 Å². The monoisotopic (exact) mass is 321 g/mol. The second kappa shape index (κ2) is 7.66. The fraction of sp³-hybridized carbons (Fsp3) is 0.583. The molecule has 0 bridgehead atoms. The minimum atomic E-state index is -2.56. The maximum absolute atomic E-state index is 12.2. The van der Waals surface area contributed by atoms with Crippen molar-refractivity contribution in [1.29, 1.82) is 0 Å². The van der Waals surface area contributed by atoms with Crippen molar-refractivity contribution >= 4 is 27.1 Å². The van der Waals surface area contributed by atoms with Crippen LogP contribution in [0.25, 0.3) is 0 Å². The number of aliphatic hydroxyl groups excluding tert-OH is 1. The molecule has 114 valence electrons. The Morgan fingerprint density at radius 3 is 2.90 bits per heavy atom.